The van der Waals surface area contributed by atoms with Crippen LogP contribution in [0.15, 0.2) is 47.7 Å². The molecule has 0 radical (unpaired) electrons. The molecule has 4 aromatic rings. The molecule has 1 aliphatic carbocycles. The number of carbonyl (C=O) groups excluding carboxylic acids is 1. The van der Waals surface area contributed by atoms with Gasteiger partial charge in [-0.15, -0.1) is 0 Å². The summed E-state index contributed by atoms with van der Waals surface area (Å²) in [6.45, 7) is 0.241. The average molecular weight is 489 g/mol. The Morgan fingerprint density at radius 2 is 1.89 bits per heavy atom. The molecule has 6 rings (SSSR count). The summed E-state index contributed by atoms with van der Waals surface area (Å²) >= 11 is 0. The molecule has 4 heterocycles. The van der Waals surface area contributed by atoms with Crippen LogP contribution < -0.4 is 5.56 Å². The monoisotopic (exact) mass is 488 g/mol. The number of carbonyl (C=O) groups is 1. The smallest absolute Gasteiger partial charge is 0.274 e. The molecule has 36 heavy (non-hydrogen) atoms. The molecule has 1 aliphatic heterocycles. The number of hydrogen-bond acceptors (Lipinski definition) is 4. The Labute approximate surface area is 207 Å². The van der Waals surface area contributed by atoms with Crippen LogP contribution in [0.1, 0.15) is 53.9 Å². The molecule has 0 bridgehead atoms. The van der Waals surface area contributed by atoms with E-state index in [0.717, 1.165) is 5.56 Å². The van der Waals surface area contributed by atoms with Crippen molar-refractivity contribution in [1.82, 2.24) is 29.0 Å². The van der Waals surface area contributed by atoms with Crippen LogP contribution in [0.3, 0.4) is 0 Å². The number of rotatable bonds is 5. The van der Waals surface area contributed by atoms with E-state index < -0.39 is 6.67 Å². The van der Waals surface area contributed by atoms with Gasteiger partial charge in [0, 0.05) is 38.3 Å². The number of benzene rings is 1. The molecular formula is C27H29FN6O2. The third-order valence-corrected chi connectivity index (χ3v) is 7.54. The molecule has 0 spiro atoms. The van der Waals surface area contributed by atoms with E-state index in [2.05, 4.69) is 27.2 Å². The molecule has 186 valence electrons. The Hall–Kier alpha value is -3.75. The van der Waals surface area contributed by atoms with Crippen molar-refractivity contribution in [3.63, 3.8) is 0 Å². The van der Waals surface area contributed by atoms with E-state index >= 15 is 0 Å². The first-order valence-corrected chi connectivity index (χ1v) is 12.6. The maximum atomic E-state index is 13.5. The number of aromatic nitrogens is 5. The first-order valence-electron chi connectivity index (χ1n) is 12.6. The summed E-state index contributed by atoms with van der Waals surface area (Å²) in [7, 11) is 1.83. The topological polar surface area (TPSA) is 88.3 Å². The third kappa shape index (κ3) is 3.92. The highest BCUT2D eigenvalue weighted by Crippen LogP contribution is 2.34. The van der Waals surface area contributed by atoms with Crippen molar-refractivity contribution in [3.05, 3.63) is 64.3 Å². The van der Waals surface area contributed by atoms with E-state index in [9.17, 15) is 14.0 Å². The number of nitrogens with one attached hydrogen (secondary N) is 1. The molecule has 0 unspecified atom stereocenters. The summed E-state index contributed by atoms with van der Waals surface area (Å²) in [4.78, 5) is 35.9. The molecule has 1 saturated heterocycles. The fraction of sp³-hybridized carbons (Fsp3) is 0.407. The number of H-pyrrole nitrogens is 1. The van der Waals surface area contributed by atoms with Gasteiger partial charge in [-0.3, -0.25) is 14.0 Å². The first kappa shape index (κ1) is 22.7. The van der Waals surface area contributed by atoms with Gasteiger partial charge in [-0.2, -0.15) is 9.61 Å². The van der Waals surface area contributed by atoms with E-state index in [1.165, 1.54) is 48.2 Å². The number of nitrogens with zero attached hydrogens (tertiary/aromatic N) is 5. The first-order chi connectivity index (χ1) is 17.5. The Balaban J connectivity index is 1.43. The molecule has 8 nitrogen and oxygen atoms in total. The van der Waals surface area contributed by atoms with Crippen molar-refractivity contribution in [1.29, 1.82) is 0 Å². The minimum absolute atomic E-state index is 0.147. The number of halogens is 1. The van der Waals surface area contributed by atoms with Crippen LogP contribution in [0, 0.1) is 5.92 Å². The van der Waals surface area contributed by atoms with Crippen LogP contribution >= 0.6 is 0 Å². The fourth-order valence-electron chi connectivity index (χ4n) is 5.48. The Morgan fingerprint density at radius 3 is 2.56 bits per heavy atom. The molecular weight excluding hydrogens is 459 g/mol. The average Bonchev–Trinajstić information content (AvgIpc) is 3.48. The SMILES string of the molecule is Cn1cnc(-c2nn3c(=O)cc(-c4ccc(C5CCCCC5)cc4)[nH]c3c2C(=O)N2CC(CF)C2)c1. The van der Waals surface area contributed by atoms with Gasteiger partial charge in [0.15, 0.2) is 5.65 Å². The van der Waals surface area contributed by atoms with Gasteiger partial charge in [0.05, 0.1) is 18.7 Å². The fourth-order valence-corrected chi connectivity index (χ4v) is 5.48. The lowest BCUT2D eigenvalue weighted by Gasteiger charge is -2.37. The predicted molar refractivity (Wildman–Crippen MR) is 135 cm³/mol. The summed E-state index contributed by atoms with van der Waals surface area (Å²) < 4.78 is 16.0. The highest BCUT2D eigenvalue weighted by molar-refractivity contribution is 6.05. The summed E-state index contributed by atoms with van der Waals surface area (Å²) in [5.41, 5.74) is 3.92. The number of likely N-dealkylation sites (tertiary alicyclic amines) is 1. The van der Waals surface area contributed by atoms with Gasteiger partial charge in [0.2, 0.25) is 0 Å². The lowest BCUT2D eigenvalue weighted by Crippen LogP contribution is -2.50. The molecule has 1 amide bonds. The zero-order chi connectivity index (χ0) is 24.8. The van der Waals surface area contributed by atoms with E-state index in [1.54, 1.807) is 22.0 Å². The van der Waals surface area contributed by atoms with E-state index in [-0.39, 0.29) is 22.9 Å². The number of amides is 1. The van der Waals surface area contributed by atoms with Gasteiger partial charge in [-0.05, 0) is 29.9 Å². The quantitative estimate of drug-likeness (QED) is 0.457. The van der Waals surface area contributed by atoms with Crippen LogP contribution in [0.4, 0.5) is 4.39 Å². The highest BCUT2D eigenvalue weighted by atomic mass is 19.1. The van der Waals surface area contributed by atoms with Gasteiger partial charge in [0.25, 0.3) is 11.5 Å². The maximum absolute atomic E-state index is 13.5. The second kappa shape index (κ2) is 9.04. The van der Waals surface area contributed by atoms with Crippen LogP contribution in [-0.4, -0.2) is 54.7 Å². The number of aromatic amines is 1. The lowest BCUT2D eigenvalue weighted by molar-refractivity contribution is 0.0455. The standard InChI is InChI=1S/C27H29FN6O2/c1-32-15-22(29-16-32)25-24(27(36)33-13-17(12-28)14-33)26-30-21(11-23(35)34(26)31-25)20-9-7-19(8-10-20)18-5-3-2-4-6-18/h7-11,15-18,30H,2-6,12-14H2,1H3. The second-order valence-corrected chi connectivity index (χ2v) is 10.1. The number of hydrogen-bond donors (Lipinski definition) is 1. The molecule has 1 saturated carbocycles. The molecule has 9 heteroatoms. The Kier molecular flexibility index (Phi) is 5.70. The van der Waals surface area contributed by atoms with Crippen molar-refractivity contribution in [2.24, 2.45) is 13.0 Å². The summed E-state index contributed by atoms with van der Waals surface area (Å²) in [6.07, 6.45) is 9.69. The second-order valence-electron chi connectivity index (χ2n) is 10.1. The predicted octanol–water partition coefficient (Wildman–Crippen LogP) is 4.18. The maximum Gasteiger partial charge on any atom is 0.274 e. The summed E-state index contributed by atoms with van der Waals surface area (Å²) in [6, 6.07) is 9.86. The molecule has 1 N–H and O–H groups in total. The molecule has 3 aromatic heterocycles. The zero-order valence-electron chi connectivity index (χ0n) is 20.3. The van der Waals surface area contributed by atoms with Crippen molar-refractivity contribution >= 4 is 11.6 Å². The van der Waals surface area contributed by atoms with E-state index in [1.807, 2.05) is 19.2 Å². The normalized spacial score (nSPS) is 17.0. The Morgan fingerprint density at radius 1 is 1.14 bits per heavy atom. The van der Waals surface area contributed by atoms with Gasteiger partial charge in [-0.25, -0.2) is 4.98 Å². The molecule has 0 atom stereocenters. The lowest BCUT2D eigenvalue weighted by atomic mass is 9.84. The van der Waals surface area contributed by atoms with Gasteiger partial charge in [0.1, 0.15) is 17.0 Å². The van der Waals surface area contributed by atoms with Crippen molar-refractivity contribution in [2.75, 3.05) is 19.8 Å². The van der Waals surface area contributed by atoms with Crippen molar-refractivity contribution in [2.45, 2.75) is 38.0 Å². The summed E-state index contributed by atoms with van der Waals surface area (Å²) in [5.74, 6) is 0.168. The van der Waals surface area contributed by atoms with E-state index in [0.29, 0.717) is 41.7 Å². The third-order valence-electron chi connectivity index (χ3n) is 7.54. The Bertz CT molecular complexity index is 1470. The van der Waals surface area contributed by atoms with Crippen LogP contribution in [-0.2, 0) is 7.05 Å². The minimum Gasteiger partial charge on any atom is -0.340 e. The van der Waals surface area contributed by atoms with Crippen LogP contribution in [0.5, 0.6) is 0 Å². The van der Waals surface area contributed by atoms with Gasteiger partial charge < -0.3 is 14.5 Å². The number of alkyl halides is 1. The van der Waals surface area contributed by atoms with Crippen LogP contribution in [0.25, 0.3) is 28.3 Å². The van der Waals surface area contributed by atoms with Crippen molar-refractivity contribution in [3.8, 4) is 22.6 Å². The molecule has 2 aliphatic rings. The number of aryl methyl sites for hydroxylation is 1. The van der Waals surface area contributed by atoms with Gasteiger partial charge >= 0.3 is 0 Å². The highest BCUT2D eigenvalue weighted by Gasteiger charge is 2.35. The summed E-state index contributed by atoms with van der Waals surface area (Å²) in [5, 5.41) is 4.48. The number of imidazole rings is 1. The minimum atomic E-state index is -0.455. The largest absolute Gasteiger partial charge is 0.340 e. The zero-order valence-corrected chi connectivity index (χ0v) is 20.3. The van der Waals surface area contributed by atoms with E-state index in [4.69, 9.17) is 0 Å². The van der Waals surface area contributed by atoms with Crippen LogP contribution in [0.2, 0.25) is 0 Å². The van der Waals surface area contributed by atoms with Gasteiger partial charge in [-0.1, -0.05) is 43.5 Å². The molecule has 1 aromatic carbocycles. The molecule has 2 fully saturated rings. The van der Waals surface area contributed by atoms with Crippen molar-refractivity contribution < 1.29 is 9.18 Å². The number of fused-ring (bicyclic) bond motifs is 1.